The minimum atomic E-state index is -0.287. The van der Waals surface area contributed by atoms with E-state index < -0.39 is 0 Å². The first-order chi connectivity index (χ1) is 22.4. The SMILES string of the molecule is CCc1nc(-c2cccc3cc(-c4ccc(C(=O)NC/C=C/c5cccc(C(=O)NC)c5)nc4)ncc23)c2n1CCN(C(C)=O)C2. The zero-order valence-electron chi connectivity index (χ0n) is 26.1. The van der Waals surface area contributed by atoms with Crippen LogP contribution in [0.1, 0.15) is 51.8 Å². The molecule has 1 aliphatic heterocycles. The molecule has 0 fully saturated rings. The number of carbonyl (C=O) groups is 3. The smallest absolute Gasteiger partial charge is 0.270 e. The molecule has 5 aromatic rings. The fraction of sp³-hybridized carbons (Fsp3) is 0.222. The number of benzene rings is 2. The van der Waals surface area contributed by atoms with Gasteiger partial charge in [0.05, 0.1) is 23.6 Å². The molecule has 3 amide bonds. The maximum Gasteiger partial charge on any atom is 0.270 e. The van der Waals surface area contributed by atoms with Crippen LogP contribution in [0.3, 0.4) is 0 Å². The van der Waals surface area contributed by atoms with E-state index in [1.54, 1.807) is 38.4 Å². The topological polar surface area (TPSA) is 122 Å². The molecule has 46 heavy (non-hydrogen) atoms. The summed E-state index contributed by atoms with van der Waals surface area (Å²) in [5.74, 6) is 0.651. The average Bonchev–Trinajstić information content (AvgIpc) is 3.47. The zero-order chi connectivity index (χ0) is 32.2. The summed E-state index contributed by atoms with van der Waals surface area (Å²) in [6.07, 6.45) is 8.00. The van der Waals surface area contributed by atoms with Crippen molar-refractivity contribution in [3.8, 4) is 22.5 Å². The number of nitrogens with zero attached hydrogens (tertiary/aromatic N) is 5. The molecule has 2 aromatic carbocycles. The number of amides is 3. The van der Waals surface area contributed by atoms with Gasteiger partial charge in [0, 0.05) is 74.5 Å². The lowest BCUT2D eigenvalue weighted by Crippen LogP contribution is -2.37. The fourth-order valence-electron chi connectivity index (χ4n) is 5.78. The number of aromatic nitrogens is 4. The first-order valence-electron chi connectivity index (χ1n) is 15.3. The molecule has 0 saturated carbocycles. The number of aryl methyl sites for hydroxylation is 1. The van der Waals surface area contributed by atoms with Gasteiger partial charge in [-0.15, -0.1) is 0 Å². The highest BCUT2D eigenvalue weighted by Crippen LogP contribution is 2.34. The maximum atomic E-state index is 12.7. The Morgan fingerprint density at radius 1 is 0.957 bits per heavy atom. The Morgan fingerprint density at radius 3 is 2.57 bits per heavy atom. The number of nitrogens with one attached hydrogen (secondary N) is 2. The standard InChI is InChI=1S/C36H35N7O3/c1-4-33-41-34(32-22-42(23(2)44)16-17-43(32)33)28-12-6-10-25-19-31(40-21-29(25)28)27-13-14-30(39-20-27)36(46)38-15-7-9-24-8-5-11-26(18-24)35(45)37-3/h5-14,18-21H,4,15-17,22H2,1-3H3,(H,37,45)(H,38,46)/b9-7+. The summed E-state index contributed by atoms with van der Waals surface area (Å²) in [5, 5.41) is 7.45. The van der Waals surface area contributed by atoms with E-state index >= 15 is 0 Å². The molecule has 10 nitrogen and oxygen atoms in total. The third-order valence-electron chi connectivity index (χ3n) is 8.23. The molecule has 3 aromatic heterocycles. The van der Waals surface area contributed by atoms with Crippen molar-refractivity contribution in [3.63, 3.8) is 0 Å². The highest BCUT2D eigenvalue weighted by Gasteiger charge is 2.26. The first kappa shape index (κ1) is 30.4. The number of hydrogen-bond donors (Lipinski definition) is 2. The van der Waals surface area contributed by atoms with Crippen LogP contribution in [0.15, 0.2) is 79.1 Å². The number of fused-ring (bicyclic) bond motifs is 2. The highest BCUT2D eigenvalue weighted by molar-refractivity contribution is 5.98. The van der Waals surface area contributed by atoms with Gasteiger partial charge < -0.3 is 20.1 Å². The molecule has 0 saturated heterocycles. The molecule has 0 spiro atoms. The van der Waals surface area contributed by atoms with Crippen LogP contribution >= 0.6 is 0 Å². The van der Waals surface area contributed by atoms with Gasteiger partial charge in [-0.3, -0.25) is 24.4 Å². The van der Waals surface area contributed by atoms with Gasteiger partial charge in [-0.25, -0.2) is 4.98 Å². The summed E-state index contributed by atoms with van der Waals surface area (Å²) in [6.45, 7) is 5.99. The number of carbonyl (C=O) groups excluding carboxylic acids is 3. The van der Waals surface area contributed by atoms with Crippen molar-refractivity contribution in [2.75, 3.05) is 20.1 Å². The van der Waals surface area contributed by atoms with Crippen molar-refractivity contribution in [1.29, 1.82) is 0 Å². The lowest BCUT2D eigenvalue weighted by Gasteiger charge is -2.28. The van der Waals surface area contributed by atoms with Gasteiger partial charge in [0.25, 0.3) is 11.8 Å². The van der Waals surface area contributed by atoms with E-state index in [-0.39, 0.29) is 17.7 Å². The molecule has 2 N–H and O–H groups in total. The van der Waals surface area contributed by atoms with Gasteiger partial charge in [0.1, 0.15) is 11.5 Å². The molecule has 0 unspecified atom stereocenters. The molecule has 0 bridgehead atoms. The summed E-state index contributed by atoms with van der Waals surface area (Å²) in [7, 11) is 1.59. The quantitative estimate of drug-likeness (QED) is 0.257. The summed E-state index contributed by atoms with van der Waals surface area (Å²) >= 11 is 0. The van der Waals surface area contributed by atoms with Crippen LogP contribution < -0.4 is 10.6 Å². The van der Waals surface area contributed by atoms with Crippen LogP contribution in [0, 0.1) is 0 Å². The molecular weight excluding hydrogens is 578 g/mol. The lowest BCUT2D eigenvalue weighted by atomic mass is 10.0. The summed E-state index contributed by atoms with van der Waals surface area (Å²) in [4.78, 5) is 52.8. The molecule has 10 heteroatoms. The first-order valence-corrected chi connectivity index (χ1v) is 15.3. The van der Waals surface area contributed by atoms with Crippen LogP contribution in [0.4, 0.5) is 0 Å². The van der Waals surface area contributed by atoms with Crippen LogP contribution in [-0.4, -0.2) is 62.3 Å². The molecule has 1 aliphatic rings. The predicted molar refractivity (Wildman–Crippen MR) is 178 cm³/mol. The number of rotatable bonds is 8. The largest absolute Gasteiger partial charge is 0.355 e. The third-order valence-corrected chi connectivity index (χ3v) is 8.23. The van der Waals surface area contributed by atoms with E-state index in [0.29, 0.717) is 30.9 Å². The van der Waals surface area contributed by atoms with Gasteiger partial charge in [-0.1, -0.05) is 49.4 Å². The van der Waals surface area contributed by atoms with Crippen molar-refractivity contribution in [1.82, 2.24) is 35.1 Å². The van der Waals surface area contributed by atoms with Crippen molar-refractivity contribution in [2.45, 2.75) is 33.4 Å². The van der Waals surface area contributed by atoms with Crippen molar-refractivity contribution in [2.24, 2.45) is 0 Å². The second kappa shape index (κ2) is 13.2. The Bertz CT molecular complexity index is 1980. The van der Waals surface area contributed by atoms with E-state index in [9.17, 15) is 14.4 Å². The van der Waals surface area contributed by atoms with Crippen molar-refractivity contribution < 1.29 is 14.4 Å². The van der Waals surface area contributed by atoms with Gasteiger partial charge >= 0.3 is 0 Å². The van der Waals surface area contributed by atoms with Gasteiger partial charge in [-0.05, 0) is 41.3 Å². The Kier molecular flexibility index (Phi) is 8.69. The molecule has 0 radical (unpaired) electrons. The van der Waals surface area contributed by atoms with E-state index in [0.717, 1.165) is 63.3 Å². The second-order valence-electron chi connectivity index (χ2n) is 11.1. The zero-order valence-corrected chi connectivity index (χ0v) is 26.1. The molecule has 4 heterocycles. The normalized spacial score (nSPS) is 12.7. The van der Waals surface area contributed by atoms with Crippen molar-refractivity contribution >= 4 is 34.6 Å². The van der Waals surface area contributed by atoms with Gasteiger partial charge in [0.15, 0.2) is 0 Å². The third kappa shape index (κ3) is 6.14. The van der Waals surface area contributed by atoms with Crippen LogP contribution in [0.2, 0.25) is 0 Å². The number of hydrogen-bond acceptors (Lipinski definition) is 6. The summed E-state index contributed by atoms with van der Waals surface area (Å²) < 4.78 is 2.25. The van der Waals surface area contributed by atoms with Crippen LogP contribution in [0.25, 0.3) is 39.4 Å². The maximum absolute atomic E-state index is 12.7. The molecule has 6 rings (SSSR count). The van der Waals surface area contributed by atoms with E-state index in [2.05, 4.69) is 33.2 Å². The average molecular weight is 614 g/mol. The van der Waals surface area contributed by atoms with Crippen LogP contribution in [-0.2, 0) is 24.3 Å². The molecular formula is C36H35N7O3. The minimum absolute atomic E-state index is 0.0660. The van der Waals surface area contributed by atoms with Gasteiger partial charge in [0.2, 0.25) is 5.91 Å². The summed E-state index contributed by atoms with van der Waals surface area (Å²) in [5.41, 5.74) is 6.22. The molecule has 232 valence electrons. The Morgan fingerprint density at radius 2 is 1.80 bits per heavy atom. The van der Waals surface area contributed by atoms with E-state index in [1.807, 2.05) is 59.6 Å². The Hall–Kier alpha value is -5.64. The molecule has 0 atom stereocenters. The minimum Gasteiger partial charge on any atom is -0.355 e. The summed E-state index contributed by atoms with van der Waals surface area (Å²) in [6, 6.07) is 18.9. The highest BCUT2D eigenvalue weighted by atomic mass is 16.2. The molecule has 0 aliphatic carbocycles. The fourth-order valence-corrected chi connectivity index (χ4v) is 5.78. The Balaban J connectivity index is 1.17. The van der Waals surface area contributed by atoms with E-state index in [1.165, 1.54) is 0 Å². The predicted octanol–water partition coefficient (Wildman–Crippen LogP) is 4.89. The lowest BCUT2D eigenvalue weighted by molar-refractivity contribution is -0.130. The Labute approximate surface area is 267 Å². The second-order valence-corrected chi connectivity index (χ2v) is 11.1. The van der Waals surface area contributed by atoms with Crippen LogP contribution in [0.5, 0.6) is 0 Å². The number of imidazole rings is 1. The van der Waals surface area contributed by atoms with E-state index in [4.69, 9.17) is 9.97 Å². The van der Waals surface area contributed by atoms with Crippen molar-refractivity contribution in [3.05, 3.63) is 107 Å². The monoisotopic (exact) mass is 613 g/mol. The van der Waals surface area contributed by atoms with Gasteiger partial charge in [-0.2, -0.15) is 0 Å². The number of pyridine rings is 2.